The molecule has 24 heavy (non-hydrogen) atoms. The van der Waals surface area contributed by atoms with Gasteiger partial charge in [-0.25, -0.2) is 4.79 Å². The van der Waals surface area contributed by atoms with Crippen LogP contribution in [0, 0.1) is 0 Å². The average Bonchev–Trinajstić information content (AvgIpc) is 2.59. The van der Waals surface area contributed by atoms with Crippen LogP contribution >= 0.6 is 11.8 Å². The lowest BCUT2D eigenvalue weighted by molar-refractivity contribution is -0.156. The molecule has 0 spiro atoms. The highest BCUT2D eigenvalue weighted by Crippen LogP contribution is 2.07. The largest absolute Gasteiger partial charge is 0.451 e. The summed E-state index contributed by atoms with van der Waals surface area (Å²) >= 11 is 1.57. The zero-order valence-corrected chi connectivity index (χ0v) is 15.0. The van der Waals surface area contributed by atoms with Crippen LogP contribution in [0.4, 0.5) is 0 Å². The van der Waals surface area contributed by atoms with Gasteiger partial charge >= 0.3 is 5.97 Å². The molecule has 0 unspecified atom stereocenters. The molecule has 0 bridgehead atoms. The highest BCUT2D eigenvalue weighted by Gasteiger charge is 2.26. The van der Waals surface area contributed by atoms with Crippen LogP contribution in [-0.2, 0) is 14.3 Å². The van der Waals surface area contributed by atoms with Gasteiger partial charge in [-0.15, -0.1) is 0 Å². The standard InChI is InChI=1S/C17H24N2O4S/c1-4-18-15(20)12(2)23-17(22)14(10-11-24-3)19-16(21)13-8-6-5-7-9-13/h5-9,12,14H,4,10-11H2,1-3H3,(H,18,20)(H,19,21)/t12-,14+/m0/s1. The molecule has 0 aliphatic carbocycles. The number of rotatable bonds is 9. The van der Waals surface area contributed by atoms with Crippen LogP contribution < -0.4 is 10.6 Å². The molecule has 132 valence electrons. The second kappa shape index (κ2) is 10.7. The maximum Gasteiger partial charge on any atom is 0.329 e. The maximum absolute atomic E-state index is 12.3. The van der Waals surface area contributed by atoms with Gasteiger partial charge in [-0.3, -0.25) is 9.59 Å². The molecule has 6 nitrogen and oxygen atoms in total. The molecular weight excluding hydrogens is 328 g/mol. The molecule has 0 saturated carbocycles. The third-order valence-electron chi connectivity index (χ3n) is 3.25. The number of esters is 1. The first kappa shape index (κ1) is 20.0. The maximum atomic E-state index is 12.3. The van der Waals surface area contributed by atoms with E-state index in [0.29, 0.717) is 24.3 Å². The zero-order valence-electron chi connectivity index (χ0n) is 14.2. The smallest absolute Gasteiger partial charge is 0.329 e. The highest BCUT2D eigenvalue weighted by molar-refractivity contribution is 7.98. The first-order chi connectivity index (χ1) is 11.5. The summed E-state index contributed by atoms with van der Waals surface area (Å²) in [5.74, 6) is -0.620. The molecule has 0 aliphatic rings. The number of hydrogen-bond acceptors (Lipinski definition) is 5. The normalized spacial score (nSPS) is 12.8. The Balaban J connectivity index is 2.71. The Hall–Kier alpha value is -2.02. The number of likely N-dealkylation sites (N-methyl/N-ethyl adjacent to an activating group) is 1. The van der Waals surface area contributed by atoms with E-state index in [1.54, 1.807) is 43.0 Å². The Labute approximate surface area is 146 Å². The van der Waals surface area contributed by atoms with Gasteiger partial charge in [0.25, 0.3) is 11.8 Å². The van der Waals surface area contributed by atoms with Gasteiger partial charge in [0.05, 0.1) is 0 Å². The topological polar surface area (TPSA) is 84.5 Å². The van der Waals surface area contributed by atoms with E-state index >= 15 is 0 Å². The minimum atomic E-state index is -0.900. The van der Waals surface area contributed by atoms with E-state index in [4.69, 9.17) is 4.74 Å². The Morgan fingerprint density at radius 1 is 1.21 bits per heavy atom. The molecule has 1 aromatic rings. The number of amides is 2. The molecule has 0 fully saturated rings. The Bertz CT molecular complexity index is 551. The van der Waals surface area contributed by atoms with E-state index < -0.39 is 18.1 Å². The van der Waals surface area contributed by atoms with E-state index in [1.165, 1.54) is 6.92 Å². The number of ether oxygens (including phenoxy) is 1. The SMILES string of the molecule is CCNC(=O)[C@H](C)OC(=O)[C@@H](CCSC)NC(=O)c1ccccc1. The van der Waals surface area contributed by atoms with Crippen molar-refractivity contribution in [3.8, 4) is 0 Å². The molecule has 0 radical (unpaired) electrons. The number of hydrogen-bond donors (Lipinski definition) is 2. The Morgan fingerprint density at radius 2 is 1.88 bits per heavy atom. The Morgan fingerprint density at radius 3 is 2.46 bits per heavy atom. The van der Waals surface area contributed by atoms with Crippen molar-refractivity contribution in [2.24, 2.45) is 0 Å². The molecular formula is C17H24N2O4S. The lowest BCUT2D eigenvalue weighted by atomic mass is 10.1. The number of nitrogens with one attached hydrogen (secondary N) is 2. The molecule has 2 N–H and O–H groups in total. The van der Waals surface area contributed by atoms with Crippen molar-refractivity contribution in [3.63, 3.8) is 0 Å². The first-order valence-corrected chi connectivity index (χ1v) is 9.22. The predicted molar refractivity (Wildman–Crippen MR) is 94.9 cm³/mol. The van der Waals surface area contributed by atoms with E-state index in [2.05, 4.69) is 10.6 Å². The van der Waals surface area contributed by atoms with Crippen LogP contribution in [0.25, 0.3) is 0 Å². The first-order valence-electron chi connectivity index (χ1n) is 7.82. The summed E-state index contributed by atoms with van der Waals surface area (Å²) in [7, 11) is 0. The fourth-order valence-corrected chi connectivity index (χ4v) is 2.42. The van der Waals surface area contributed by atoms with Crippen molar-refractivity contribution in [1.82, 2.24) is 10.6 Å². The fraction of sp³-hybridized carbons (Fsp3) is 0.471. The second-order valence-corrected chi connectivity index (χ2v) is 6.13. The van der Waals surface area contributed by atoms with Crippen LogP contribution in [0.5, 0.6) is 0 Å². The third kappa shape index (κ3) is 6.62. The summed E-state index contributed by atoms with van der Waals surface area (Å²) in [6.07, 6.45) is 1.45. The summed E-state index contributed by atoms with van der Waals surface area (Å²) in [6.45, 7) is 3.75. The molecule has 7 heteroatoms. The lowest BCUT2D eigenvalue weighted by Gasteiger charge is -2.20. The van der Waals surface area contributed by atoms with Gasteiger partial charge in [0.2, 0.25) is 0 Å². The fourth-order valence-electron chi connectivity index (χ4n) is 1.94. The average molecular weight is 352 g/mol. The van der Waals surface area contributed by atoms with Gasteiger partial charge in [-0.1, -0.05) is 18.2 Å². The summed E-state index contributed by atoms with van der Waals surface area (Å²) in [5.41, 5.74) is 0.469. The van der Waals surface area contributed by atoms with Crippen molar-refractivity contribution < 1.29 is 19.1 Å². The summed E-state index contributed by atoms with van der Waals surface area (Å²) in [4.78, 5) is 36.2. The molecule has 2 atom stereocenters. The highest BCUT2D eigenvalue weighted by atomic mass is 32.2. The molecule has 1 aromatic carbocycles. The van der Waals surface area contributed by atoms with Gasteiger partial charge < -0.3 is 15.4 Å². The molecule has 0 aliphatic heterocycles. The monoisotopic (exact) mass is 352 g/mol. The quantitative estimate of drug-likeness (QED) is 0.660. The van der Waals surface area contributed by atoms with Crippen molar-refractivity contribution >= 4 is 29.5 Å². The predicted octanol–water partition coefficient (Wildman–Crippen LogP) is 1.61. The summed E-state index contributed by atoms with van der Waals surface area (Å²) in [5, 5.41) is 5.28. The Kier molecular flexibility index (Phi) is 8.93. The molecule has 0 saturated heterocycles. The molecule has 2 amide bonds. The van der Waals surface area contributed by atoms with E-state index in [0.717, 1.165) is 0 Å². The molecule has 0 heterocycles. The number of carbonyl (C=O) groups excluding carboxylic acids is 3. The van der Waals surface area contributed by atoms with E-state index in [1.807, 2.05) is 12.3 Å². The van der Waals surface area contributed by atoms with Crippen molar-refractivity contribution in [1.29, 1.82) is 0 Å². The van der Waals surface area contributed by atoms with Gasteiger partial charge in [0.1, 0.15) is 6.04 Å². The lowest BCUT2D eigenvalue weighted by Crippen LogP contribution is -2.45. The van der Waals surface area contributed by atoms with E-state index in [-0.39, 0.29) is 11.8 Å². The molecule has 0 aromatic heterocycles. The summed E-state index contributed by atoms with van der Waals surface area (Å²) in [6, 6.07) is 7.86. The number of carbonyl (C=O) groups is 3. The zero-order chi connectivity index (χ0) is 17.9. The number of benzene rings is 1. The van der Waals surface area contributed by atoms with Crippen molar-refractivity contribution in [2.75, 3.05) is 18.6 Å². The van der Waals surface area contributed by atoms with Gasteiger partial charge in [0, 0.05) is 12.1 Å². The van der Waals surface area contributed by atoms with Gasteiger partial charge in [-0.05, 0) is 44.4 Å². The minimum Gasteiger partial charge on any atom is -0.451 e. The minimum absolute atomic E-state index is 0.343. The van der Waals surface area contributed by atoms with Crippen molar-refractivity contribution in [2.45, 2.75) is 32.4 Å². The van der Waals surface area contributed by atoms with Crippen LogP contribution in [0.15, 0.2) is 30.3 Å². The van der Waals surface area contributed by atoms with E-state index in [9.17, 15) is 14.4 Å². The van der Waals surface area contributed by atoms with Crippen LogP contribution in [0.2, 0.25) is 0 Å². The van der Waals surface area contributed by atoms with Crippen LogP contribution in [-0.4, -0.2) is 48.5 Å². The third-order valence-corrected chi connectivity index (χ3v) is 3.89. The summed E-state index contributed by atoms with van der Waals surface area (Å²) < 4.78 is 5.19. The number of thioether (sulfide) groups is 1. The van der Waals surface area contributed by atoms with Gasteiger partial charge in [-0.2, -0.15) is 11.8 Å². The van der Waals surface area contributed by atoms with Gasteiger partial charge in [0.15, 0.2) is 6.10 Å². The van der Waals surface area contributed by atoms with Crippen molar-refractivity contribution in [3.05, 3.63) is 35.9 Å². The van der Waals surface area contributed by atoms with Crippen LogP contribution in [0.1, 0.15) is 30.6 Å². The molecule has 1 rings (SSSR count). The second-order valence-electron chi connectivity index (χ2n) is 5.15. The van der Waals surface area contributed by atoms with Crippen LogP contribution in [0.3, 0.4) is 0 Å².